The molecule has 0 bridgehead atoms. The van der Waals surface area contributed by atoms with Crippen LogP contribution in [0.3, 0.4) is 0 Å². The molecule has 2 heterocycles. The van der Waals surface area contributed by atoms with Crippen LogP contribution in [0.25, 0.3) is 16.6 Å². The normalized spacial score (nSPS) is 15.0. The number of rotatable bonds is 7. The predicted octanol–water partition coefficient (Wildman–Crippen LogP) is 4.03. The van der Waals surface area contributed by atoms with Gasteiger partial charge in [0, 0.05) is 67.1 Å². The molecule has 0 unspecified atom stereocenters. The first-order valence-corrected chi connectivity index (χ1v) is 10.3. The molecule has 0 aliphatic carbocycles. The summed E-state index contributed by atoms with van der Waals surface area (Å²) in [4.78, 5) is 5.81. The highest BCUT2D eigenvalue weighted by Gasteiger charge is 2.10. The largest absolute Gasteiger partial charge is 0.385 e. The molecule has 0 amide bonds. The van der Waals surface area contributed by atoms with Crippen LogP contribution >= 0.6 is 11.6 Å². The van der Waals surface area contributed by atoms with E-state index in [1.807, 2.05) is 18.2 Å². The second kappa shape index (κ2) is 8.82. The Labute approximate surface area is 171 Å². The molecule has 0 atom stereocenters. The smallest absolute Gasteiger partial charge is 0.0457 e. The molecule has 1 aromatic heterocycles. The van der Waals surface area contributed by atoms with E-state index in [2.05, 4.69) is 57.6 Å². The Hall–Kier alpha value is -2.27. The van der Waals surface area contributed by atoms with Gasteiger partial charge in [-0.25, -0.2) is 0 Å². The van der Waals surface area contributed by atoms with Gasteiger partial charge in [-0.15, -0.1) is 0 Å². The van der Waals surface area contributed by atoms with Crippen molar-refractivity contribution in [2.24, 2.45) is 0 Å². The minimum atomic E-state index is 0.770. The quantitative estimate of drug-likeness (QED) is 0.566. The fourth-order valence-corrected chi connectivity index (χ4v) is 3.96. The lowest BCUT2D eigenvalue weighted by Gasteiger charge is -2.27. The molecule has 5 heteroatoms. The maximum Gasteiger partial charge on any atom is 0.0457 e. The van der Waals surface area contributed by atoms with Crippen molar-refractivity contribution in [3.8, 4) is 0 Å². The Morgan fingerprint density at radius 3 is 2.86 bits per heavy atom. The standard InChI is InChI=1S/C23H27ClN4/c1-17(19-4-2-3-18(13-19)16-28-11-9-25-10-12-28)26-8-7-20-15-27-23-6-5-21(24)14-22(20)23/h2-6,13-15,25-27H,1,7-12,16H2. The summed E-state index contributed by atoms with van der Waals surface area (Å²) in [6.45, 7) is 10.4. The highest BCUT2D eigenvalue weighted by Crippen LogP contribution is 2.23. The number of nitrogens with zero attached hydrogens (tertiary/aromatic N) is 1. The summed E-state index contributed by atoms with van der Waals surface area (Å²) < 4.78 is 0. The molecule has 2 aromatic carbocycles. The second-order valence-electron chi connectivity index (χ2n) is 7.39. The van der Waals surface area contributed by atoms with Crippen LogP contribution in [-0.4, -0.2) is 42.6 Å². The number of aromatic amines is 1. The molecule has 1 aliphatic rings. The summed E-state index contributed by atoms with van der Waals surface area (Å²) in [5.74, 6) is 0. The van der Waals surface area contributed by atoms with E-state index in [1.165, 1.54) is 16.5 Å². The Balaban J connectivity index is 1.34. The number of benzene rings is 2. The summed E-state index contributed by atoms with van der Waals surface area (Å²) in [5, 5.41) is 8.85. The molecule has 1 fully saturated rings. The zero-order valence-electron chi connectivity index (χ0n) is 16.1. The van der Waals surface area contributed by atoms with Crippen LogP contribution in [0.4, 0.5) is 0 Å². The monoisotopic (exact) mass is 394 g/mol. The van der Waals surface area contributed by atoms with E-state index in [-0.39, 0.29) is 0 Å². The minimum Gasteiger partial charge on any atom is -0.385 e. The van der Waals surface area contributed by atoms with Crippen molar-refractivity contribution in [1.29, 1.82) is 0 Å². The van der Waals surface area contributed by atoms with E-state index < -0.39 is 0 Å². The number of hydrogen-bond donors (Lipinski definition) is 3. The molecule has 3 N–H and O–H groups in total. The highest BCUT2D eigenvalue weighted by molar-refractivity contribution is 6.31. The zero-order valence-corrected chi connectivity index (χ0v) is 16.9. The number of H-pyrrole nitrogens is 1. The van der Waals surface area contributed by atoms with Crippen molar-refractivity contribution in [1.82, 2.24) is 20.5 Å². The lowest BCUT2D eigenvalue weighted by molar-refractivity contribution is 0.233. The first-order valence-electron chi connectivity index (χ1n) is 9.90. The van der Waals surface area contributed by atoms with E-state index in [1.54, 1.807) is 0 Å². The third-order valence-electron chi connectivity index (χ3n) is 5.35. The lowest BCUT2D eigenvalue weighted by atomic mass is 10.1. The number of halogens is 1. The van der Waals surface area contributed by atoms with Crippen LogP contribution in [-0.2, 0) is 13.0 Å². The highest BCUT2D eigenvalue weighted by atomic mass is 35.5. The van der Waals surface area contributed by atoms with Gasteiger partial charge in [0.25, 0.3) is 0 Å². The molecule has 1 saturated heterocycles. The number of fused-ring (bicyclic) bond motifs is 1. The van der Waals surface area contributed by atoms with Gasteiger partial charge in [0.05, 0.1) is 0 Å². The van der Waals surface area contributed by atoms with Gasteiger partial charge in [-0.05, 0) is 47.4 Å². The Morgan fingerprint density at radius 2 is 2.00 bits per heavy atom. The van der Waals surface area contributed by atoms with E-state index >= 15 is 0 Å². The van der Waals surface area contributed by atoms with Crippen molar-refractivity contribution in [2.45, 2.75) is 13.0 Å². The molecule has 1 aliphatic heterocycles. The average Bonchev–Trinajstić information content (AvgIpc) is 3.11. The van der Waals surface area contributed by atoms with Crippen LogP contribution in [0.2, 0.25) is 5.02 Å². The van der Waals surface area contributed by atoms with Gasteiger partial charge >= 0.3 is 0 Å². The van der Waals surface area contributed by atoms with E-state index in [0.717, 1.165) is 67.5 Å². The van der Waals surface area contributed by atoms with Gasteiger partial charge in [-0.3, -0.25) is 4.90 Å². The van der Waals surface area contributed by atoms with Gasteiger partial charge in [-0.2, -0.15) is 0 Å². The first-order chi connectivity index (χ1) is 13.7. The fourth-order valence-electron chi connectivity index (χ4n) is 3.79. The van der Waals surface area contributed by atoms with Crippen LogP contribution in [0.15, 0.2) is 55.2 Å². The van der Waals surface area contributed by atoms with Crippen molar-refractivity contribution in [3.63, 3.8) is 0 Å². The topological polar surface area (TPSA) is 43.1 Å². The molecular formula is C23H27ClN4. The van der Waals surface area contributed by atoms with Gasteiger partial charge in [-0.1, -0.05) is 36.4 Å². The van der Waals surface area contributed by atoms with E-state index in [9.17, 15) is 0 Å². The molecule has 3 aromatic rings. The average molecular weight is 395 g/mol. The van der Waals surface area contributed by atoms with Crippen LogP contribution in [0.1, 0.15) is 16.7 Å². The second-order valence-corrected chi connectivity index (χ2v) is 7.82. The Kier molecular flexibility index (Phi) is 6.01. The zero-order chi connectivity index (χ0) is 19.3. The van der Waals surface area contributed by atoms with E-state index in [0.29, 0.717) is 0 Å². The summed E-state index contributed by atoms with van der Waals surface area (Å²) >= 11 is 6.15. The summed E-state index contributed by atoms with van der Waals surface area (Å²) in [5.41, 5.74) is 5.87. The van der Waals surface area contributed by atoms with E-state index in [4.69, 9.17) is 11.6 Å². The minimum absolute atomic E-state index is 0.770. The molecule has 28 heavy (non-hydrogen) atoms. The Morgan fingerprint density at radius 1 is 1.14 bits per heavy atom. The van der Waals surface area contributed by atoms with Crippen LogP contribution in [0.5, 0.6) is 0 Å². The molecule has 0 radical (unpaired) electrons. The van der Waals surface area contributed by atoms with Crippen LogP contribution < -0.4 is 10.6 Å². The van der Waals surface area contributed by atoms with Crippen molar-refractivity contribution < 1.29 is 0 Å². The van der Waals surface area contributed by atoms with Gasteiger partial charge in [0.15, 0.2) is 0 Å². The molecule has 146 valence electrons. The van der Waals surface area contributed by atoms with Crippen LogP contribution in [0, 0.1) is 0 Å². The van der Waals surface area contributed by atoms with Gasteiger partial charge in [0.2, 0.25) is 0 Å². The maximum atomic E-state index is 6.15. The fraction of sp³-hybridized carbons (Fsp3) is 0.304. The Bertz CT molecular complexity index is 956. The molecule has 0 saturated carbocycles. The first kappa shape index (κ1) is 19.1. The third kappa shape index (κ3) is 4.58. The van der Waals surface area contributed by atoms with Crippen molar-refractivity contribution >= 4 is 28.2 Å². The molecule has 4 rings (SSSR count). The number of aromatic nitrogens is 1. The van der Waals surface area contributed by atoms with Crippen molar-refractivity contribution in [3.05, 3.63) is 77.0 Å². The summed E-state index contributed by atoms with van der Waals surface area (Å²) in [6, 6.07) is 14.7. The lowest BCUT2D eigenvalue weighted by Crippen LogP contribution is -2.42. The summed E-state index contributed by atoms with van der Waals surface area (Å²) in [6.07, 6.45) is 2.99. The number of hydrogen-bond acceptors (Lipinski definition) is 3. The predicted molar refractivity (Wildman–Crippen MR) is 119 cm³/mol. The number of nitrogens with one attached hydrogen (secondary N) is 3. The SMILES string of the molecule is C=C(NCCc1c[nH]c2ccc(Cl)cc12)c1cccc(CN2CCNCC2)c1. The molecule has 0 spiro atoms. The summed E-state index contributed by atoms with van der Waals surface area (Å²) in [7, 11) is 0. The van der Waals surface area contributed by atoms with Gasteiger partial charge < -0.3 is 15.6 Å². The molecular weight excluding hydrogens is 368 g/mol. The third-order valence-corrected chi connectivity index (χ3v) is 5.59. The van der Waals surface area contributed by atoms with Gasteiger partial charge in [0.1, 0.15) is 0 Å². The van der Waals surface area contributed by atoms with Crippen molar-refractivity contribution in [2.75, 3.05) is 32.7 Å². The maximum absolute atomic E-state index is 6.15. The molecule has 4 nitrogen and oxygen atoms in total. The number of piperazine rings is 1.